The second kappa shape index (κ2) is 9.12. The Morgan fingerprint density at radius 3 is 2.79 bits per heavy atom. The predicted molar refractivity (Wildman–Crippen MR) is 109 cm³/mol. The molecule has 0 radical (unpaired) electrons. The molecule has 2 heterocycles. The molecule has 0 saturated heterocycles. The van der Waals surface area contributed by atoms with Crippen LogP contribution in [0.1, 0.15) is 51.3 Å². The van der Waals surface area contributed by atoms with Crippen LogP contribution in [0.5, 0.6) is 0 Å². The minimum Gasteiger partial charge on any atom is -0.355 e. The lowest BCUT2D eigenvalue weighted by Gasteiger charge is -2.25. The highest BCUT2D eigenvalue weighted by Gasteiger charge is 2.24. The molecule has 1 aromatic rings. The number of hydrogen-bond acceptors (Lipinski definition) is 4. The van der Waals surface area contributed by atoms with Crippen molar-refractivity contribution in [3.05, 3.63) is 11.6 Å². The lowest BCUT2D eigenvalue weighted by molar-refractivity contribution is 0.398. The second-order valence-electron chi connectivity index (χ2n) is 6.74. The summed E-state index contributed by atoms with van der Waals surface area (Å²) in [6.07, 6.45) is 2.07. The average molecular weight is 468 g/mol. The predicted octanol–water partition coefficient (Wildman–Crippen LogP) is 1.75. The van der Waals surface area contributed by atoms with Gasteiger partial charge in [0.25, 0.3) is 0 Å². The highest BCUT2D eigenvalue weighted by atomic mass is 127. The normalized spacial score (nSPS) is 19.2. The molecule has 9 heteroatoms. The summed E-state index contributed by atoms with van der Waals surface area (Å²) in [6.45, 7) is 9.44. The first kappa shape index (κ1) is 21.3. The zero-order valence-electron chi connectivity index (χ0n) is 15.1. The van der Waals surface area contributed by atoms with Gasteiger partial charge in [0.15, 0.2) is 5.96 Å². The second-order valence-corrected chi connectivity index (χ2v) is 9.06. The van der Waals surface area contributed by atoms with E-state index in [0.717, 1.165) is 37.0 Å². The molecule has 1 aromatic heterocycles. The summed E-state index contributed by atoms with van der Waals surface area (Å²) in [4.78, 5) is 8.78. The maximum absolute atomic E-state index is 12.1. The molecule has 0 spiro atoms. The SMILES string of the molecule is CN=C(NCCS(=O)C(C)(C)C)NC1CCCn2nc(C)nc21.I. The number of hydrogen-bond donors (Lipinski definition) is 2. The van der Waals surface area contributed by atoms with E-state index in [1.165, 1.54) is 0 Å². The van der Waals surface area contributed by atoms with E-state index in [1.807, 2.05) is 32.4 Å². The summed E-state index contributed by atoms with van der Waals surface area (Å²) in [5.74, 6) is 3.09. The van der Waals surface area contributed by atoms with Crippen molar-refractivity contribution in [2.75, 3.05) is 19.3 Å². The number of guanidine groups is 1. The van der Waals surface area contributed by atoms with E-state index < -0.39 is 10.8 Å². The van der Waals surface area contributed by atoms with E-state index in [0.29, 0.717) is 12.3 Å². The number of nitrogens with one attached hydrogen (secondary N) is 2. The van der Waals surface area contributed by atoms with Crippen molar-refractivity contribution in [3.63, 3.8) is 0 Å². The molecule has 0 fully saturated rings. The summed E-state index contributed by atoms with van der Waals surface area (Å²) in [6, 6.07) is 0.115. The lowest BCUT2D eigenvalue weighted by Crippen LogP contribution is -2.43. The molecule has 7 nitrogen and oxygen atoms in total. The fraction of sp³-hybridized carbons (Fsp3) is 0.800. The first-order valence-electron chi connectivity index (χ1n) is 8.08. The van der Waals surface area contributed by atoms with Crippen LogP contribution in [0.4, 0.5) is 0 Å². The van der Waals surface area contributed by atoms with Crippen molar-refractivity contribution in [3.8, 4) is 0 Å². The monoisotopic (exact) mass is 468 g/mol. The molecule has 24 heavy (non-hydrogen) atoms. The molecule has 1 aliphatic heterocycles. The van der Waals surface area contributed by atoms with Crippen molar-refractivity contribution in [2.45, 2.75) is 57.9 Å². The first-order chi connectivity index (χ1) is 10.8. The molecule has 2 atom stereocenters. The van der Waals surface area contributed by atoms with E-state index in [1.54, 1.807) is 7.05 Å². The summed E-state index contributed by atoms with van der Waals surface area (Å²) in [5, 5.41) is 11.1. The average Bonchev–Trinajstić information content (AvgIpc) is 2.86. The first-order valence-corrected chi connectivity index (χ1v) is 9.40. The van der Waals surface area contributed by atoms with Crippen molar-refractivity contribution < 1.29 is 4.21 Å². The van der Waals surface area contributed by atoms with Crippen LogP contribution in [0, 0.1) is 6.92 Å². The number of fused-ring (bicyclic) bond motifs is 1. The Labute approximate surface area is 164 Å². The maximum atomic E-state index is 12.1. The molecule has 1 aliphatic rings. The molecule has 2 rings (SSSR count). The Hall–Kier alpha value is -0.710. The van der Waals surface area contributed by atoms with Gasteiger partial charge in [-0.2, -0.15) is 5.10 Å². The Balaban J connectivity index is 0.00000288. The number of rotatable bonds is 4. The third-order valence-electron chi connectivity index (χ3n) is 3.78. The van der Waals surface area contributed by atoms with Gasteiger partial charge < -0.3 is 10.6 Å². The minimum atomic E-state index is -0.867. The van der Waals surface area contributed by atoms with Gasteiger partial charge in [-0.15, -0.1) is 24.0 Å². The van der Waals surface area contributed by atoms with E-state index in [4.69, 9.17) is 0 Å². The Morgan fingerprint density at radius 2 is 2.17 bits per heavy atom. The molecule has 138 valence electrons. The van der Waals surface area contributed by atoms with Gasteiger partial charge >= 0.3 is 0 Å². The molecule has 2 unspecified atom stereocenters. The highest BCUT2D eigenvalue weighted by molar-refractivity contribution is 14.0. The van der Waals surface area contributed by atoms with Crippen LogP contribution in [0.2, 0.25) is 0 Å². The smallest absolute Gasteiger partial charge is 0.191 e. The van der Waals surface area contributed by atoms with Crippen molar-refractivity contribution in [2.24, 2.45) is 4.99 Å². The number of nitrogens with zero attached hydrogens (tertiary/aromatic N) is 4. The van der Waals surface area contributed by atoms with Gasteiger partial charge in [0.1, 0.15) is 11.6 Å². The standard InChI is InChI=1S/C15H28N6OS.HI/c1-11-18-13-12(7-6-9-21(13)20-11)19-14(16-5)17-8-10-23(22)15(2,3)4;/h12H,6-10H2,1-5H3,(H2,16,17,19);1H. The molecule has 0 bridgehead atoms. The topological polar surface area (TPSA) is 84.2 Å². The highest BCUT2D eigenvalue weighted by Crippen LogP contribution is 2.22. The van der Waals surface area contributed by atoms with Crippen LogP contribution in [0.15, 0.2) is 4.99 Å². The maximum Gasteiger partial charge on any atom is 0.191 e. The number of halogens is 1. The minimum absolute atomic E-state index is 0. The van der Waals surface area contributed by atoms with Gasteiger partial charge in [-0.3, -0.25) is 9.20 Å². The van der Waals surface area contributed by atoms with Crippen LogP contribution in [0.25, 0.3) is 0 Å². The molecule has 0 amide bonds. The Kier molecular flexibility index (Phi) is 8.10. The number of aliphatic imine (C=N–C) groups is 1. The van der Waals surface area contributed by atoms with Crippen LogP contribution in [0.3, 0.4) is 0 Å². The van der Waals surface area contributed by atoms with Gasteiger partial charge in [-0.1, -0.05) is 0 Å². The summed E-state index contributed by atoms with van der Waals surface area (Å²) in [7, 11) is 0.878. The molecule has 0 saturated carbocycles. The van der Waals surface area contributed by atoms with Gasteiger partial charge in [0.2, 0.25) is 0 Å². The summed E-state index contributed by atoms with van der Waals surface area (Å²) < 4.78 is 13.9. The van der Waals surface area contributed by atoms with Gasteiger partial charge in [0.05, 0.1) is 6.04 Å². The quantitative estimate of drug-likeness (QED) is 0.400. The van der Waals surface area contributed by atoms with Crippen LogP contribution >= 0.6 is 24.0 Å². The van der Waals surface area contributed by atoms with Crippen LogP contribution < -0.4 is 10.6 Å². The molecular weight excluding hydrogens is 439 g/mol. The Bertz CT molecular complexity index is 595. The lowest BCUT2D eigenvalue weighted by atomic mass is 10.1. The molecule has 0 aromatic carbocycles. The molecule has 0 aliphatic carbocycles. The summed E-state index contributed by atoms with van der Waals surface area (Å²) >= 11 is 0. The van der Waals surface area contributed by atoms with Crippen LogP contribution in [-0.4, -0.2) is 49.0 Å². The van der Waals surface area contributed by atoms with E-state index in [2.05, 4.69) is 25.7 Å². The van der Waals surface area contributed by atoms with Crippen molar-refractivity contribution >= 4 is 40.7 Å². The third-order valence-corrected chi connectivity index (χ3v) is 5.72. The Morgan fingerprint density at radius 1 is 1.46 bits per heavy atom. The van der Waals surface area contributed by atoms with Crippen LogP contribution in [-0.2, 0) is 17.3 Å². The fourth-order valence-corrected chi connectivity index (χ4v) is 3.43. The van der Waals surface area contributed by atoms with E-state index >= 15 is 0 Å². The van der Waals surface area contributed by atoms with Gasteiger partial charge in [0, 0.05) is 41.4 Å². The zero-order valence-corrected chi connectivity index (χ0v) is 18.3. The molecule has 2 N–H and O–H groups in total. The van der Waals surface area contributed by atoms with Crippen molar-refractivity contribution in [1.82, 2.24) is 25.4 Å². The number of aryl methyl sites for hydroxylation is 2. The third kappa shape index (κ3) is 5.68. The zero-order chi connectivity index (χ0) is 17.0. The fourth-order valence-electron chi connectivity index (χ4n) is 2.53. The van der Waals surface area contributed by atoms with Gasteiger partial charge in [-0.25, -0.2) is 9.67 Å². The van der Waals surface area contributed by atoms with Crippen molar-refractivity contribution in [1.29, 1.82) is 0 Å². The number of aromatic nitrogens is 3. The van der Waals surface area contributed by atoms with E-state index in [-0.39, 0.29) is 34.8 Å². The summed E-state index contributed by atoms with van der Waals surface area (Å²) in [5.41, 5.74) is 0. The molecular formula is C15H29IN6OS. The van der Waals surface area contributed by atoms with Gasteiger partial charge in [-0.05, 0) is 40.5 Å². The largest absolute Gasteiger partial charge is 0.355 e. The van der Waals surface area contributed by atoms with E-state index in [9.17, 15) is 4.21 Å².